The van der Waals surface area contributed by atoms with Crippen molar-refractivity contribution in [2.24, 2.45) is 28.2 Å². The molecule has 0 N–H and O–H groups in total. The maximum Gasteiger partial charge on any atom is 0.126 e. The molecule has 5 atom stereocenters. The number of fused-ring (bicyclic) bond motifs is 4. The lowest BCUT2D eigenvalue weighted by molar-refractivity contribution is 0.149. The fourth-order valence-corrected chi connectivity index (χ4v) is 8.05. The summed E-state index contributed by atoms with van der Waals surface area (Å²) in [4.78, 5) is 4.04. The average Bonchev–Trinajstić information content (AvgIpc) is 3.57. The van der Waals surface area contributed by atoms with Gasteiger partial charge in [0.05, 0.1) is 0 Å². The zero-order valence-electron chi connectivity index (χ0n) is 24.8. The molecule has 2 nitrogen and oxygen atoms in total. The Bertz CT molecular complexity index is 1190. The fraction of sp³-hybridized carbons (Fsp3) is 0.583. The molecule has 4 aliphatic rings. The van der Waals surface area contributed by atoms with Crippen LogP contribution in [0, 0.1) is 43.9 Å². The highest BCUT2D eigenvalue weighted by atomic mass is 16.5. The van der Waals surface area contributed by atoms with Gasteiger partial charge in [-0.05, 0) is 148 Å². The van der Waals surface area contributed by atoms with E-state index < -0.39 is 0 Å². The first-order valence-corrected chi connectivity index (χ1v) is 15.2. The Labute approximate surface area is 232 Å². The van der Waals surface area contributed by atoms with Gasteiger partial charge in [-0.3, -0.25) is 4.99 Å². The predicted octanol–water partition coefficient (Wildman–Crippen LogP) is 9.33. The second kappa shape index (κ2) is 11.4. The summed E-state index contributed by atoms with van der Waals surface area (Å²) >= 11 is 0. The van der Waals surface area contributed by atoms with Crippen LogP contribution in [0.2, 0.25) is 0 Å². The Balaban J connectivity index is 1.35. The molecule has 204 valence electrons. The maximum atomic E-state index is 6.67. The van der Waals surface area contributed by atoms with Gasteiger partial charge in [-0.15, -0.1) is 0 Å². The van der Waals surface area contributed by atoms with Crippen LogP contribution < -0.4 is 4.74 Å². The highest BCUT2D eigenvalue weighted by molar-refractivity contribution is 5.70. The molecule has 0 aliphatic heterocycles. The average molecular weight is 512 g/mol. The molecular formula is C36H49NO. The summed E-state index contributed by atoms with van der Waals surface area (Å²) in [6.45, 7) is 12.7. The second-order valence-corrected chi connectivity index (χ2v) is 12.9. The minimum atomic E-state index is 0.399. The first-order chi connectivity index (χ1) is 18.3. The van der Waals surface area contributed by atoms with Crippen molar-refractivity contribution < 1.29 is 4.74 Å². The lowest BCUT2D eigenvalue weighted by Crippen LogP contribution is -2.28. The summed E-state index contributed by atoms with van der Waals surface area (Å²) in [5, 5.41) is 0. The van der Waals surface area contributed by atoms with Gasteiger partial charge in [0.2, 0.25) is 0 Å². The third-order valence-electron chi connectivity index (χ3n) is 10.5. The monoisotopic (exact) mass is 511 g/mol. The van der Waals surface area contributed by atoms with Crippen molar-refractivity contribution in [2.45, 2.75) is 98.3 Å². The minimum absolute atomic E-state index is 0.399. The van der Waals surface area contributed by atoms with Gasteiger partial charge < -0.3 is 4.74 Å². The third-order valence-corrected chi connectivity index (χ3v) is 10.5. The molecule has 0 saturated heterocycles. The summed E-state index contributed by atoms with van der Waals surface area (Å²) in [7, 11) is 1.82. The highest BCUT2D eigenvalue weighted by Gasteiger charge is 2.45. The van der Waals surface area contributed by atoms with Crippen LogP contribution in [0.5, 0.6) is 5.75 Å². The second-order valence-electron chi connectivity index (χ2n) is 12.9. The summed E-state index contributed by atoms with van der Waals surface area (Å²) < 4.78 is 6.67. The number of nitrogens with zero attached hydrogens (tertiary/aromatic N) is 1. The number of rotatable bonds is 9. The largest absolute Gasteiger partial charge is 0.489 e. The minimum Gasteiger partial charge on any atom is -0.489 e. The quantitative estimate of drug-likeness (QED) is 0.239. The van der Waals surface area contributed by atoms with Crippen LogP contribution >= 0.6 is 0 Å². The van der Waals surface area contributed by atoms with Gasteiger partial charge in [0.1, 0.15) is 12.4 Å². The molecule has 0 bridgehead atoms. The molecule has 1 aromatic rings. The van der Waals surface area contributed by atoms with Crippen LogP contribution in [0.4, 0.5) is 0 Å². The van der Waals surface area contributed by atoms with Crippen LogP contribution in [-0.4, -0.2) is 19.9 Å². The summed E-state index contributed by atoms with van der Waals surface area (Å²) in [6, 6.07) is 0. The Hall–Kier alpha value is -2.35. The molecule has 0 spiro atoms. The van der Waals surface area contributed by atoms with Crippen molar-refractivity contribution >= 4 is 6.21 Å². The van der Waals surface area contributed by atoms with Crippen molar-refractivity contribution in [3.8, 4) is 5.75 Å². The van der Waals surface area contributed by atoms with E-state index in [1.165, 1.54) is 85.0 Å². The van der Waals surface area contributed by atoms with E-state index in [2.05, 4.69) is 76.1 Å². The maximum absolute atomic E-state index is 6.67. The molecule has 0 amide bonds. The van der Waals surface area contributed by atoms with Gasteiger partial charge >= 0.3 is 0 Å². The molecule has 1 aromatic carbocycles. The van der Waals surface area contributed by atoms with E-state index in [0.29, 0.717) is 11.3 Å². The van der Waals surface area contributed by atoms with Crippen molar-refractivity contribution in [2.75, 3.05) is 13.7 Å². The van der Waals surface area contributed by atoms with Crippen molar-refractivity contribution in [3.05, 3.63) is 75.4 Å². The molecule has 0 aromatic heterocycles. The zero-order valence-corrected chi connectivity index (χ0v) is 24.8. The smallest absolute Gasteiger partial charge is 0.126 e. The van der Waals surface area contributed by atoms with Crippen LogP contribution in [0.1, 0.15) is 98.9 Å². The number of allylic oxidation sites excluding steroid dienone is 7. The Morgan fingerprint density at radius 1 is 1.13 bits per heavy atom. The molecular weight excluding hydrogens is 462 g/mol. The van der Waals surface area contributed by atoms with E-state index in [1.807, 2.05) is 13.3 Å². The first kappa shape index (κ1) is 27.2. The lowest BCUT2D eigenvalue weighted by atomic mass is 9.67. The van der Waals surface area contributed by atoms with Crippen molar-refractivity contribution in [1.29, 1.82) is 0 Å². The van der Waals surface area contributed by atoms with E-state index >= 15 is 0 Å². The van der Waals surface area contributed by atoms with Crippen LogP contribution in [0.3, 0.4) is 0 Å². The molecule has 4 aliphatic carbocycles. The number of ether oxygens (including phenoxy) is 1. The van der Waals surface area contributed by atoms with Crippen molar-refractivity contribution in [3.63, 3.8) is 0 Å². The van der Waals surface area contributed by atoms with E-state index in [-0.39, 0.29) is 0 Å². The Morgan fingerprint density at radius 2 is 1.97 bits per heavy atom. The number of hydrogen-bond acceptors (Lipinski definition) is 2. The topological polar surface area (TPSA) is 21.6 Å². The van der Waals surface area contributed by atoms with Crippen LogP contribution in [0.15, 0.2) is 52.6 Å². The van der Waals surface area contributed by atoms with Gasteiger partial charge in [0, 0.05) is 13.3 Å². The Kier molecular flexibility index (Phi) is 8.17. The lowest BCUT2D eigenvalue weighted by Gasteiger charge is -2.38. The SMILES string of the molecule is CN=C/C=C\CC(C)=CCCC1(C)CCc2c(C)c(OCC3=CC=CC4CC34)c(C)c(C)c2C2CCCC21. The number of aliphatic imine (C=N–C) groups is 1. The van der Waals surface area contributed by atoms with Crippen LogP contribution in [-0.2, 0) is 6.42 Å². The molecule has 0 radical (unpaired) electrons. The van der Waals surface area contributed by atoms with E-state index in [1.54, 1.807) is 11.1 Å². The summed E-state index contributed by atoms with van der Waals surface area (Å²) in [6.07, 6.45) is 27.0. The van der Waals surface area contributed by atoms with Crippen molar-refractivity contribution in [1.82, 2.24) is 0 Å². The molecule has 2 fully saturated rings. The fourth-order valence-electron chi connectivity index (χ4n) is 8.05. The van der Waals surface area contributed by atoms with E-state index in [0.717, 1.165) is 30.8 Å². The molecule has 5 rings (SSSR count). The normalized spacial score (nSPS) is 30.3. The van der Waals surface area contributed by atoms with Gasteiger partial charge in [-0.2, -0.15) is 0 Å². The molecule has 5 unspecified atom stereocenters. The van der Waals surface area contributed by atoms with E-state index in [9.17, 15) is 0 Å². The highest BCUT2D eigenvalue weighted by Crippen LogP contribution is 2.57. The third kappa shape index (κ3) is 5.38. The number of hydrogen-bond donors (Lipinski definition) is 0. The predicted molar refractivity (Wildman–Crippen MR) is 163 cm³/mol. The zero-order chi connectivity index (χ0) is 26.9. The van der Waals surface area contributed by atoms with E-state index in [4.69, 9.17) is 4.74 Å². The van der Waals surface area contributed by atoms with Gasteiger partial charge in [0.25, 0.3) is 0 Å². The van der Waals surface area contributed by atoms with Gasteiger partial charge in [-0.1, -0.05) is 49.3 Å². The Morgan fingerprint density at radius 3 is 2.79 bits per heavy atom. The first-order valence-electron chi connectivity index (χ1n) is 15.2. The molecule has 0 heterocycles. The van der Waals surface area contributed by atoms with Crippen LogP contribution in [0.25, 0.3) is 0 Å². The summed E-state index contributed by atoms with van der Waals surface area (Å²) in [5.41, 5.74) is 11.0. The number of benzene rings is 1. The van der Waals surface area contributed by atoms with Gasteiger partial charge in [0.15, 0.2) is 0 Å². The van der Waals surface area contributed by atoms with Gasteiger partial charge in [-0.25, -0.2) is 0 Å². The molecule has 2 saturated carbocycles. The standard InChI is InChI=1S/C36H49NO/c1-24(12-7-8-21-37-6)13-11-19-36(5)20-18-30-27(4)35(38-23-29-15-9-14-28-22-32(28)29)26(3)25(2)34(30)31-16-10-17-33(31)36/h7-9,13-15,21,28,31-33H,10-12,16-20,22-23H2,1-6H3/b8-7-,24-13?,37-21?. The summed E-state index contributed by atoms with van der Waals surface area (Å²) in [5.74, 6) is 4.20. The molecule has 38 heavy (non-hydrogen) atoms. The molecule has 2 heteroatoms.